The lowest BCUT2D eigenvalue weighted by Gasteiger charge is -2.45. The molecule has 26 heavy (non-hydrogen) atoms. The molecule has 1 saturated carbocycles. The van der Waals surface area contributed by atoms with Crippen LogP contribution >= 0.6 is 0 Å². The lowest BCUT2D eigenvalue weighted by Crippen LogP contribution is -2.58. The van der Waals surface area contributed by atoms with E-state index in [0.29, 0.717) is 5.96 Å². The van der Waals surface area contributed by atoms with E-state index in [2.05, 4.69) is 4.99 Å². The molecular weight excluding hydrogens is 328 g/mol. The van der Waals surface area contributed by atoms with Crippen LogP contribution in [0.1, 0.15) is 51.5 Å². The second kappa shape index (κ2) is 5.46. The molecule has 1 aromatic rings. The maximum absolute atomic E-state index is 12.6. The predicted molar refractivity (Wildman–Crippen MR) is 104 cm³/mol. The molecule has 1 aliphatic carbocycles. The highest BCUT2D eigenvalue weighted by Gasteiger charge is 2.45. The Bertz CT molecular complexity index is 834. The minimum absolute atomic E-state index is 0.0968. The number of amides is 1. The van der Waals surface area contributed by atoms with Gasteiger partial charge in [0.05, 0.1) is 5.41 Å². The molecule has 1 amide bonds. The number of guanidine groups is 2. The Balaban J connectivity index is 1.82. The zero-order valence-electron chi connectivity index (χ0n) is 15.6. The van der Waals surface area contributed by atoms with Crippen LogP contribution in [0.25, 0.3) is 0 Å². The van der Waals surface area contributed by atoms with Crippen LogP contribution in [0.5, 0.6) is 0 Å². The number of anilines is 2. The predicted octanol–water partition coefficient (Wildman–Crippen LogP) is 2.05. The Morgan fingerprint density at radius 1 is 1.12 bits per heavy atom. The highest BCUT2D eigenvalue weighted by atomic mass is 16.2. The van der Waals surface area contributed by atoms with E-state index in [4.69, 9.17) is 16.5 Å². The summed E-state index contributed by atoms with van der Waals surface area (Å²) in [5.74, 6) is 0.709. The molecule has 1 spiro atoms. The van der Waals surface area contributed by atoms with Gasteiger partial charge in [0.2, 0.25) is 17.8 Å². The van der Waals surface area contributed by atoms with Gasteiger partial charge in [-0.3, -0.25) is 9.69 Å². The second-order valence-electron chi connectivity index (χ2n) is 8.01. The zero-order chi connectivity index (χ0) is 18.7. The van der Waals surface area contributed by atoms with Crippen molar-refractivity contribution in [2.24, 2.45) is 21.5 Å². The molecular formula is C19H26N6O. The Morgan fingerprint density at radius 2 is 1.81 bits per heavy atom. The quantitative estimate of drug-likeness (QED) is 0.806. The van der Waals surface area contributed by atoms with Crippen molar-refractivity contribution >= 4 is 29.2 Å². The average molecular weight is 354 g/mol. The van der Waals surface area contributed by atoms with Crippen molar-refractivity contribution < 1.29 is 4.79 Å². The summed E-state index contributed by atoms with van der Waals surface area (Å²) < 4.78 is 0. The zero-order valence-corrected chi connectivity index (χ0v) is 15.6. The molecule has 1 fully saturated rings. The molecule has 4 N–H and O–H groups in total. The minimum Gasteiger partial charge on any atom is -0.369 e. The molecule has 7 nitrogen and oxygen atoms in total. The third-order valence-corrected chi connectivity index (χ3v) is 5.96. The van der Waals surface area contributed by atoms with Crippen molar-refractivity contribution in [2.75, 3.05) is 16.8 Å². The molecule has 2 aliphatic heterocycles. The Hall–Kier alpha value is -2.57. The van der Waals surface area contributed by atoms with Crippen molar-refractivity contribution in [1.29, 1.82) is 0 Å². The van der Waals surface area contributed by atoms with Crippen LogP contribution in [-0.2, 0) is 10.2 Å². The van der Waals surface area contributed by atoms with Gasteiger partial charge >= 0.3 is 0 Å². The van der Waals surface area contributed by atoms with Gasteiger partial charge in [0.1, 0.15) is 5.66 Å². The number of carbonyl (C=O) groups is 1. The fourth-order valence-electron chi connectivity index (χ4n) is 4.60. The topological polar surface area (TPSA) is 100 Å². The van der Waals surface area contributed by atoms with Gasteiger partial charge in [-0.2, -0.15) is 4.99 Å². The summed E-state index contributed by atoms with van der Waals surface area (Å²) in [6.07, 6.45) is 5.13. The lowest BCUT2D eigenvalue weighted by atomic mass is 9.85. The maximum Gasteiger partial charge on any atom is 0.236 e. The first kappa shape index (κ1) is 16.9. The van der Waals surface area contributed by atoms with Crippen LogP contribution < -0.4 is 21.3 Å². The molecule has 0 radical (unpaired) electrons. The summed E-state index contributed by atoms with van der Waals surface area (Å²) in [6.45, 7) is 3.92. The number of fused-ring (bicyclic) bond motifs is 1. The summed E-state index contributed by atoms with van der Waals surface area (Å²) in [7, 11) is 1.82. The minimum atomic E-state index is -0.519. The van der Waals surface area contributed by atoms with Crippen molar-refractivity contribution in [3.63, 3.8) is 0 Å². The molecule has 0 saturated heterocycles. The van der Waals surface area contributed by atoms with Crippen LogP contribution in [0.3, 0.4) is 0 Å². The third-order valence-electron chi connectivity index (χ3n) is 5.96. The van der Waals surface area contributed by atoms with Crippen LogP contribution in [-0.4, -0.2) is 30.5 Å². The van der Waals surface area contributed by atoms with Crippen LogP contribution in [0, 0.1) is 0 Å². The molecule has 0 aromatic heterocycles. The molecule has 138 valence electrons. The molecule has 7 heteroatoms. The average Bonchev–Trinajstić information content (AvgIpc) is 2.75. The highest BCUT2D eigenvalue weighted by Crippen LogP contribution is 2.45. The van der Waals surface area contributed by atoms with Gasteiger partial charge < -0.3 is 16.4 Å². The number of benzene rings is 1. The standard InChI is InChI=1S/C19H26N6O/c1-18(2)13-8-7-12(11-14(13)24(3)15(18)26)25-17(21)22-16(20)23-19(25)9-5-4-6-10-19/h7-8,11H,4-6,9-10H2,1-3H3,(H4,20,21,22,23). The normalized spacial score (nSPS) is 23.7. The van der Waals surface area contributed by atoms with E-state index in [9.17, 15) is 4.79 Å². The van der Waals surface area contributed by atoms with E-state index in [0.717, 1.165) is 42.6 Å². The summed E-state index contributed by atoms with van der Waals surface area (Å²) in [6, 6.07) is 6.07. The van der Waals surface area contributed by atoms with E-state index >= 15 is 0 Å². The molecule has 1 aromatic carbocycles. The van der Waals surface area contributed by atoms with Crippen molar-refractivity contribution in [2.45, 2.75) is 57.0 Å². The monoisotopic (exact) mass is 354 g/mol. The molecule has 0 bridgehead atoms. The Kier molecular flexibility index (Phi) is 3.54. The van der Waals surface area contributed by atoms with Crippen molar-refractivity contribution in [3.05, 3.63) is 23.8 Å². The number of nitrogens with two attached hydrogens (primary N) is 2. The van der Waals surface area contributed by atoms with Gasteiger partial charge in [0, 0.05) is 18.4 Å². The van der Waals surface area contributed by atoms with E-state index in [-0.39, 0.29) is 11.9 Å². The fourth-order valence-corrected chi connectivity index (χ4v) is 4.60. The molecule has 3 aliphatic rings. The van der Waals surface area contributed by atoms with E-state index in [1.807, 2.05) is 44.0 Å². The fraction of sp³-hybridized carbons (Fsp3) is 0.526. The van der Waals surface area contributed by atoms with Crippen LogP contribution in [0.4, 0.5) is 11.4 Å². The number of hydrogen-bond acceptors (Lipinski definition) is 6. The van der Waals surface area contributed by atoms with Gasteiger partial charge in [0.15, 0.2) is 0 Å². The molecule has 0 atom stereocenters. The number of aliphatic imine (C=N–C) groups is 2. The van der Waals surface area contributed by atoms with Crippen LogP contribution in [0.15, 0.2) is 28.2 Å². The summed E-state index contributed by atoms with van der Waals surface area (Å²) in [4.78, 5) is 25.3. The first-order valence-electron chi connectivity index (χ1n) is 9.19. The van der Waals surface area contributed by atoms with E-state index in [1.54, 1.807) is 4.90 Å². The van der Waals surface area contributed by atoms with Gasteiger partial charge in [-0.05, 0) is 57.2 Å². The van der Waals surface area contributed by atoms with E-state index in [1.165, 1.54) is 6.42 Å². The number of nitrogens with zero attached hydrogens (tertiary/aromatic N) is 4. The van der Waals surface area contributed by atoms with E-state index < -0.39 is 11.1 Å². The van der Waals surface area contributed by atoms with Gasteiger partial charge in [-0.1, -0.05) is 12.5 Å². The second-order valence-corrected chi connectivity index (χ2v) is 8.01. The SMILES string of the molecule is CN1C(=O)C(C)(C)c2ccc(N3C(N)=NC(N)=NC34CCCCC4)cc21. The number of likely N-dealkylation sites (N-methyl/N-ethyl adjacent to an activating group) is 1. The summed E-state index contributed by atoms with van der Waals surface area (Å²) >= 11 is 0. The number of carbonyl (C=O) groups excluding carboxylic acids is 1. The smallest absolute Gasteiger partial charge is 0.236 e. The number of hydrogen-bond donors (Lipinski definition) is 2. The van der Waals surface area contributed by atoms with Crippen molar-refractivity contribution in [1.82, 2.24) is 0 Å². The first-order chi connectivity index (χ1) is 12.3. The molecule has 4 rings (SSSR count). The van der Waals surface area contributed by atoms with Crippen LogP contribution in [0.2, 0.25) is 0 Å². The Labute approximate surface area is 153 Å². The maximum atomic E-state index is 12.6. The molecule has 2 heterocycles. The molecule has 0 unspecified atom stereocenters. The Morgan fingerprint density at radius 3 is 2.50 bits per heavy atom. The largest absolute Gasteiger partial charge is 0.369 e. The lowest BCUT2D eigenvalue weighted by molar-refractivity contribution is -0.121. The summed E-state index contributed by atoms with van der Waals surface area (Å²) in [5.41, 5.74) is 14.1. The van der Waals surface area contributed by atoms with Crippen molar-refractivity contribution in [3.8, 4) is 0 Å². The first-order valence-corrected chi connectivity index (χ1v) is 9.19. The summed E-state index contributed by atoms with van der Waals surface area (Å²) in [5, 5.41) is 0. The van der Waals surface area contributed by atoms with Gasteiger partial charge in [0.25, 0.3) is 0 Å². The highest BCUT2D eigenvalue weighted by molar-refractivity contribution is 6.09. The number of rotatable bonds is 1. The van der Waals surface area contributed by atoms with Gasteiger partial charge in [-0.15, -0.1) is 0 Å². The van der Waals surface area contributed by atoms with Gasteiger partial charge in [-0.25, -0.2) is 4.99 Å². The third kappa shape index (κ3) is 2.22.